The summed E-state index contributed by atoms with van der Waals surface area (Å²) in [5.74, 6) is 0. The Morgan fingerprint density at radius 3 is 1.56 bits per heavy atom. The van der Waals surface area contributed by atoms with Gasteiger partial charge in [-0.05, 0) is 32.4 Å². The van der Waals surface area contributed by atoms with Gasteiger partial charge in [0.1, 0.15) is 0 Å². The van der Waals surface area contributed by atoms with Crippen molar-refractivity contribution in [3.05, 3.63) is 0 Å². The highest BCUT2D eigenvalue weighted by Crippen LogP contribution is 2.05. The predicted octanol–water partition coefficient (Wildman–Crippen LogP) is 4.27. The molecule has 0 aromatic heterocycles. The van der Waals surface area contributed by atoms with Gasteiger partial charge in [0.2, 0.25) is 0 Å². The second-order valence-corrected chi connectivity index (χ2v) is 5.36. The lowest BCUT2D eigenvalue weighted by atomic mass is 10.1. The van der Waals surface area contributed by atoms with Crippen LogP contribution in [0, 0.1) is 0 Å². The normalized spacial score (nSPS) is 11.0. The molecule has 0 heterocycles. The summed E-state index contributed by atoms with van der Waals surface area (Å²) in [6.07, 6.45) is 15.8. The van der Waals surface area contributed by atoms with Crippen LogP contribution in [0.2, 0.25) is 0 Å². The molecule has 0 amide bonds. The molecular weight excluding hydrogens is 222 g/mol. The Bertz CT molecular complexity index is 123. The molecule has 18 heavy (non-hydrogen) atoms. The fourth-order valence-corrected chi connectivity index (χ4v) is 2.22. The molecule has 2 heteroatoms. The lowest BCUT2D eigenvalue weighted by Crippen LogP contribution is -2.16. The van der Waals surface area contributed by atoms with E-state index in [0.717, 1.165) is 6.42 Å². The minimum Gasteiger partial charge on any atom is -0.396 e. The van der Waals surface area contributed by atoms with Gasteiger partial charge in [-0.2, -0.15) is 0 Å². The zero-order chi connectivity index (χ0) is 13.3. The molecule has 0 unspecified atom stereocenters. The van der Waals surface area contributed by atoms with E-state index in [1.54, 1.807) is 0 Å². The van der Waals surface area contributed by atoms with Crippen LogP contribution < -0.4 is 5.32 Å². The fourth-order valence-electron chi connectivity index (χ4n) is 2.22. The molecule has 0 aromatic carbocycles. The van der Waals surface area contributed by atoms with Crippen LogP contribution >= 0.6 is 0 Å². The number of aliphatic hydroxyl groups excluding tert-OH is 1. The summed E-state index contributed by atoms with van der Waals surface area (Å²) in [4.78, 5) is 0. The highest BCUT2D eigenvalue weighted by atomic mass is 16.2. The van der Waals surface area contributed by atoms with E-state index in [4.69, 9.17) is 5.11 Å². The van der Waals surface area contributed by atoms with Gasteiger partial charge >= 0.3 is 0 Å². The first kappa shape index (κ1) is 17.9. The Balaban J connectivity index is 2.86. The summed E-state index contributed by atoms with van der Waals surface area (Å²) < 4.78 is 0. The average Bonchev–Trinajstić information content (AvgIpc) is 2.39. The first-order valence-corrected chi connectivity index (χ1v) is 8.23. The van der Waals surface area contributed by atoms with Gasteiger partial charge in [0.05, 0.1) is 0 Å². The number of aliphatic hydroxyl groups is 1. The minimum atomic E-state index is 0.361. The van der Waals surface area contributed by atoms with Crippen LogP contribution in [-0.4, -0.2) is 24.8 Å². The van der Waals surface area contributed by atoms with Crippen LogP contribution in [0.15, 0.2) is 0 Å². The van der Waals surface area contributed by atoms with E-state index in [2.05, 4.69) is 12.2 Å². The smallest absolute Gasteiger partial charge is 0.0431 e. The summed E-state index contributed by atoms with van der Waals surface area (Å²) in [5.41, 5.74) is 0. The Labute approximate surface area is 115 Å². The zero-order valence-electron chi connectivity index (χ0n) is 12.6. The van der Waals surface area contributed by atoms with E-state index in [9.17, 15) is 0 Å². The van der Waals surface area contributed by atoms with Crippen molar-refractivity contribution < 1.29 is 5.11 Å². The molecule has 0 spiro atoms. The first-order chi connectivity index (χ1) is 8.91. The second kappa shape index (κ2) is 16.9. The quantitative estimate of drug-likeness (QED) is 0.429. The van der Waals surface area contributed by atoms with E-state index in [-0.39, 0.29) is 0 Å². The third kappa shape index (κ3) is 15.9. The summed E-state index contributed by atoms with van der Waals surface area (Å²) in [7, 11) is 0. The Morgan fingerprint density at radius 1 is 0.611 bits per heavy atom. The largest absolute Gasteiger partial charge is 0.396 e. The fraction of sp³-hybridized carbons (Fsp3) is 1.00. The van der Waals surface area contributed by atoms with Crippen LogP contribution in [0.3, 0.4) is 0 Å². The van der Waals surface area contributed by atoms with Crippen molar-refractivity contribution in [2.75, 3.05) is 19.7 Å². The minimum absolute atomic E-state index is 0.361. The number of rotatable bonds is 15. The van der Waals surface area contributed by atoms with Gasteiger partial charge < -0.3 is 10.4 Å². The van der Waals surface area contributed by atoms with Gasteiger partial charge in [-0.15, -0.1) is 0 Å². The first-order valence-electron chi connectivity index (χ1n) is 8.23. The van der Waals surface area contributed by atoms with Crippen LogP contribution in [0.4, 0.5) is 0 Å². The van der Waals surface area contributed by atoms with Crippen molar-refractivity contribution >= 4 is 0 Å². The molecule has 0 atom stereocenters. The van der Waals surface area contributed by atoms with Crippen LogP contribution in [0.5, 0.6) is 0 Å². The maximum absolute atomic E-state index is 8.65. The number of hydrogen-bond donors (Lipinski definition) is 2. The molecule has 0 aromatic rings. The monoisotopic (exact) mass is 257 g/mol. The molecule has 0 saturated carbocycles. The molecule has 0 aliphatic rings. The zero-order valence-corrected chi connectivity index (χ0v) is 12.6. The molecule has 110 valence electrons. The molecule has 2 N–H and O–H groups in total. The lowest BCUT2D eigenvalue weighted by Gasteiger charge is -2.05. The maximum atomic E-state index is 8.65. The highest BCUT2D eigenvalue weighted by Gasteiger charge is 1.92. The van der Waals surface area contributed by atoms with Crippen molar-refractivity contribution in [1.29, 1.82) is 0 Å². The second-order valence-electron chi connectivity index (χ2n) is 5.36. The topological polar surface area (TPSA) is 32.3 Å². The molecule has 0 aliphatic heterocycles. The Kier molecular flexibility index (Phi) is 16.8. The van der Waals surface area contributed by atoms with Gasteiger partial charge in [-0.1, -0.05) is 64.7 Å². The third-order valence-electron chi connectivity index (χ3n) is 3.47. The van der Waals surface area contributed by atoms with Gasteiger partial charge in [-0.25, -0.2) is 0 Å². The number of unbranched alkanes of at least 4 members (excludes halogenated alkanes) is 10. The van der Waals surface area contributed by atoms with Crippen molar-refractivity contribution in [2.24, 2.45) is 0 Å². The van der Waals surface area contributed by atoms with Crippen molar-refractivity contribution in [3.8, 4) is 0 Å². The van der Waals surface area contributed by atoms with Crippen molar-refractivity contribution in [1.82, 2.24) is 5.32 Å². The van der Waals surface area contributed by atoms with Gasteiger partial charge in [0.15, 0.2) is 0 Å². The summed E-state index contributed by atoms with van der Waals surface area (Å²) >= 11 is 0. The van der Waals surface area contributed by atoms with Crippen LogP contribution in [-0.2, 0) is 0 Å². The van der Waals surface area contributed by atoms with Crippen LogP contribution in [0.25, 0.3) is 0 Å². The van der Waals surface area contributed by atoms with Crippen LogP contribution in [0.1, 0.15) is 84.0 Å². The molecular formula is C16H35NO. The average molecular weight is 257 g/mol. The number of hydrogen-bond acceptors (Lipinski definition) is 2. The van der Waals surface area contributed by atoms with Gasteiger partial charge in [-0.3, -0.25) is 0 Å². The van der Waals surface area contributed by atoms with Crippen molar-refractivity contribution in [3.63, 3.8) is 0 Å². The molecule has 0 rings (SSSR count). The molecule has 0 fully saturated rings. The molecule has 2 nitrogen and oxygen atoms in total. The van der Waals surface area contributed by atoms with E-state index in [1.807, 2.05) is 0 Å². The lowest BCUT2D eigenvalue weighted by molar-refractivity contribution is 0.282. The van der Waals surface area contributed by atoms with E-state index in [0.29, 0.717) is 6.61 Å². The summed E-state index contributed by atoms with van der Waals surface area (Å²) in [6.45, 7) is 5.02. The van der Waals surface area contributed by atoms with Crippen molar-refractivity contribution in [2.45, 2.75) is 84.0 Å². The molecule has 0 radical (unpaired) electrons. The molecule has 0 bridgehead atoms. The van der Waals surface area contributed by atoms with E-state index < -0.39 is 0 Å². The Hall–Kier alpha value is -0.0800. The molecule has 0 aliphatic carbocycles. The summed E-state index contributed by atoms with van der Waals surface area (Å²) in [6, 6.07) is 0. The molecule has 0 saturated heterocycles. The Morgan fingerprint density at radius 2 is 1.06 bits per heavy atom. The predicted molar refractivity (Wildman–Crippen MR) is 81.0 cm³/mol. The van der Waals surface area contributed by atoms with E-state index in [1.165, 1.54) is 83.7 Å². The van der Waals surface area contributed by atoms with Gasteiger partial charge in [0, 0.05) is 6.61 Å². The van der Waals surface area contributed by atoms with E-state index >= 15 is 0 Å². The van der Waals surface area contributed by atoms with Gasteiger partial charge in [0.25, 0.3) is 0 Å². The maximum Gasteiger partial charge on any atom is 0.0431 e. The third-order valence-corrected chi connectivity index (χ3v) is 3.47. The summed E-state index contributed by atoms with van der Waals surface area (Å²) in [5, 5.41) is 12.2. The number of nitrogens with one attached hydrogen (secondary N) is 1. The highest BCUT2D eigenvalue weighted by molar-refractivity contribution is 4.51. The standard InChI is InChI=1S/C16H35NO/c1-2-3-4-5-8-11-14-17-15-12-9-6-7-10-13-16-18/h17-18H,2-16H2,1H3. The SMILES string of the molecule is CCCCCCCCNCCCCCCCCO.